The van der Waals surface area contributed by atoms with E-state index in [1.807, 2.05) is 11.8 Å². The zero-order valence-electron chi connectivity index (χ0n) is 10.2. The van der Waals surface area contributed by atoms with Crippen LogP contribution in [-0.4, -0.2) is 16.5 Å². The minimum Gasteiger partial charge on any atom is -0.335 e. The van der Waals surface area contributed by atoms with Crippen LogP contribution in [0.3, 0.4) is 0 Å². The number of thioether (sulfide) groups is 1. The van der Waals surface area contributed by atoms with Gasteiger partial charge in [-0.3, -0.25) is 4.99 Å². The lowest BCUT2D eigenvalue weighted by Gasteiger charge is -2.29. The molecular weight excluding hydrogens is 343 g/mol. The van der Waals surface area contributed by atoms with Crippen LogP contribution in [0.4, 0.5) is 5.69 Å². The molecule has 0 fully saturated rings. The minimum absolute atomic E-state index is 0.122. The van der Waals surface area contributed by atoms with E-state index in [0.717, 1.165) is 23.0 Å². The van der Waals surface area contributed by atoms with Crippen molar-refractivity contribution in [2.24, 2.45) is 4.99 Å². The van der Waals surface area contributed by atoms with Gasteiger partial charge in [0.2, 0.25) is 0 Å². The molecule has 1 aliphatic heterocycles. The van der Waals surface area contributed by atoms with Crippen molar-refractivity contribution >= 4 is 45.2 Å². The molecular formula is C13H17IN2S. The molecule has 0 radical (unpaired) electrons. The van der Waals surface area contributed by atoms with Crippen LogP contribution in [0.5, 0.6) is 0 Å². The summed E-state index contributed by atoms with van der Waals surface area (Å²) in [7, 11) is 0. The van der Waals surface area contributed by atoms with Crippen LogP contribution in [0, 0.1) is 3.57 Å². The van der Waals surface area contributed by atoms with E-state index in [2.05, 4.69) is 66.0 Å². The standard InChI is InChI=1S/C13H17IN2S/c1-3-13(2)8-9-17-12(16-13)15-11-6-4-10(14)5-7-11/h4-7H,3,8-9H2,1-2H3,(H,15,16). The molecule has 1 aliphatic rings. The molecule has 1 unspecified atom stereocenters. The van der Waals surface area contributed by atoms with Crippen molar-refractivity contribution in [3.05, 3.63) is 27.8 Å². The topological polar surface area (TPSA) is 24.4 Å². The zero-order valence-corrected chi connectivity index (χ0v) is 13.1. The zero-order chi connectivity index (χ0) is 12.3. The Morgan fingerprint density at radius 2 is 2.12 bits per heavy atom. The highest BCUT2D eigenvalue weighted by Crippen LogP contribution is 2.29. The first-order valence-electron chi connectivity index (χ1n) is 5.86. The van der Waals surface area contributed by atoms with E-state index < -0.39 is 0 Å². The highest BCUT2D eigenvalue weighted by atomic mass is 127. The van der Waals surface area contributed by atoms with E-state index in [1.54, 1.807) is 0 Å². The Bertz CT molecular complexity index is 416. The summed E-state index contributed by atoms with van der Waals surface area (Å²) in [6, 6.07) is 8.41. The maximum atomic E-state index is 4.82. The largest absolute Gasteiger partial charge is 0.335 e. The van der Waals surface area contributed by atoms with Gasteiger partial charge in [-0.25, -0.2) is 0 Å². The number of hydrogen-bond acceptors (Lipinski definition) is 3. The number of halogens is 1. The Hall–Kier alpha value is -0.230. The van der Waals surface area contributed by atoms with E-state index in [0.29, 0.717) is 0 Å². The third kappa shape index (κ3) is 3.61. The van der Waals surface area contributed by atoms with E-state index in [-0.39, 0.29) is 5.54 Å². The van der Waals surface area contributed by atoms with Crippen molar-refractivity contribution in [2.45, 2.75) is 32.2 Å². The van der Waals surface area contributed by atoms with Gasteiger partial charge in [-0.05, 0) is 66.6 Å². The lowest BCUT2D eigenvalue weighted by molar-refractivity contribution is 0.443. The predicted molar refractivity (Wildman–Crippen MR) is 86.0 cm³/mol. The molecule has 17 heavy (non-hydrogen) atoms. The summed E-state index contributed by atoms with van der Waals surface area (Å²) in [5.41, 5.74) is 1.24. The summed E-state index contributed by atoms with van der Waals surface area (Å²) in [6.07, 6.45) is 2.28. The highest BCUT2D eigenvalue weighted by molar-refractivity contribution is 14.1. The van der Waals surface area contributed by atoms with Gasteiger partial charge >= 0.3 is 0 Å². The average molecular weight is 360 g/mol. The first-order chi connectivity index (χ1) is 8.11. The third-order valence-corrected chi connectivity index (χ3v) is 4.70. The predicted octanol–water partition coefficient (Wildman–Crippen LogP) is 4.36. The molecule has 0 spiro atoms. The second kappa shape index (κ2) is 5.61. The van der Waals surface area contributed by atoms with Crippen molar-refractivity contribution in [2.75, 3.05) is 11.1 Å². The lowest BCUT2D eigenvalue weighted by Crippen LogP contribution is -2.29. The first-order valence-corrected chi connectivity index (χ1v) is 7.93. The Labute approximate surface area is 121 Å². The van der Waals surface area contributed by atoms with Gasteiger partial charge < -0.3 is 5.32 Å². The molecule has 0 saturated carbocycles. The maximum absolute atomic E-state index is 4.82. The van der Waals surface area contributed by atoms with Crippen molar-refractivity contribution in [3.63, 3.8) is 0 Å². The van der Waals surface area contributed by atoms with E-state index >= 15 is 0 Å². The number of anilines is 1. The summed E-state index contributed by atoms with van der Waals surface area (Å²) in [5.74, 6) is 1.15. The van der Waals surface area contributed by atoms with Crippen LogP contribution in [0.25, 0.3) is 0 Å². The second-order valence-electron chi connectivity index (χ2n) is 4.50. The number of nitrogens with one attached hydrogen (secondary N) is 1. The molecule has 1 aromatic rings. The van der Waals surface area contributed by atoms with E-state index in [4.69, 9.17) is 4.99 Å². The molecule has 0 bridgehead atoms. The third-order valence-electron chi connectivity index (χ3n) is 3.11. The van der Waals surface area contributed by atoms with Crippen LogP contribution in [0.1, 0.15) is 26.7 Å². The summed E-state index contributed by atoms with van der Waals surface area (Å²) < 4.78 is 1.25. The van der Waals surface area contributed by atoms with Crippen molar-refractivity contribution < 1.29 is 0 Å². The monoisotopic (exact) mass is 360 g/mol. The van der Waals surface area contributed by atoms with Crippen molar-refractivity contribution in [3.8, 4) is 0 Å². The molecule has 2 rings (SSSR count). The fourth-order valence-electron chi connectivity index (χ4n) is 1.68. The quantitative estimate of drug-likeness (QED) is 0.793. The van der Waals surface area contributed by atoms with Crippen LogP contribution in [0.15, 0.2) is 29.3 Å². The summed E-state index contributed by atoms with van der Waals surface area (Å²) in [4.78, 5) is 4.82. The molecule has 0 amide bonds. The van der Waals surface area contributed by atoms with Gasteiger partial charge in [0, 0.05) is 15.0 Å². The molecule has 2 nitrogen and oxygen atoms in total. The normalized spacial score (nSPS) is 24.3. The summed E-state index contributed by atoms with van der Waals surface area (Å²) in [5, 5.41) is 4.46. The minimum atomic E-state index is 0.122. The van der Waals surface area contributed by atoms with Gasteiger partial charge in [-0.1, -0.05) is 18.7 Å². The average Bonchev–Trinajstić information content (AvgIpc) is 2.32. The number of aliphatic imine (C=N–C) groups is 1. The Morgan fingerprint density at radius 1 is 1.41 bits per heavy atom. The Kier molecular flexibility index (Phi) is 4.36. The van der Waals surface area contributed by atoms with Gasteiger partial charge in [-0.15, -0.1) is 0 Å². The fraction of sp³-hybridized carbons (Fsp3) is 0.462. The van der Waals surface area contributed by atoms with E-state index in [9.17, 15) is 0 Å². The fourth-order valence-corrected chi connectivity index (χ4v) is 3.25. The molecule has 1 heterocycles. The smallest absolute Gasteiger partial charge is 0.161 e. The molecule has 1 aromatic carbocycles. The number of rotatable bonds is 2. The number of amidine groups is 1. The number of hydrogen-bond donors (Lipinski definition) is 1. The summed E-state index contributed by atoms with van der Waals surface area (Å²) >= 11 is 4.13. The molecule has 4 heteroatoms. The van der Waals surface area contributed by atoms with Crippen LogP contribution in [0.2, 0.25) is 0 Å². The van der Waals surface area contributed by atoms with Gasteiger partial charge in [-0.2, -0.15) is 0 Å². The molecule has 0 aromatic heterocycles. The SMILES string of the molecule is CCC1(C)CCSC(Nc2ccc(I)cc2)=N1. The van der Waals surface area contributed by atoms with Crippen LogP contribution < -0.4 is 5.32 Å². The molecule has 0 saturated heterocycles. The first kappa shape index (κ1) is 13.2. The Morgan fingerprint density at radius 3 is 2.76 bits per heavy atom. The van der Waals surface area contributed by atoms with Crippen LogP contribution >= 0.6 is 34.4 Å². The van der Waals surface area contributed by atoms with Crippen molar-refractivity contribution in [1.82, 2.24) is 0 Å². The lowest BCUT2D eigenvalue weighted by atomic mass is 9.97. The molecule has 0 aliphatic carbocycles. The van der Waals surface area contributed by atoms with Gasteiger partial charge in [0.25, 0.3) is 0 Å². The molecule has 1 N–H and O–H groups in total. The second-order valence-corrected chi connectivity index (χ2v) is 6.83. The molecule has 92 valence electrons. The Balaban J connectivity index is 2.10. The van der Waals surface area contributed by atoms with Gasteiger partial charge in [0.15, 0.2) is 5.17 Å². The highest BCUT2D eigenvalue weighted by Gasteiger charge is 2.25. The van der Waals surface area contributed by atoms with Gasteiger partial charge in [0.05, 0.1) is 5.54 Å². The van der Waals surface area contributed by atoms with Crippen molar-refractivity contribution in [1.29, 1.82) is 0 Å². The van der Waals surface area contributed by atoms with Gasteiger partial charge in [0.1, 0.15) is 0 Å². The summed E-state index contributed by atoms with van der Waals surface area (Å²) in [6.45, 7) is 4.45. The number of nitrogens with zero attached hydrogens (tertiary/aromatic N) is 1. The molecule has 1 atom stereocenters. The van der Waals surface area contributed by atoms with Crippen LogP contribution in [-0.2, 0) is 0 Å². The van der Waals surface area contributed by atoms with E-state index in [1.165, 1.54) is 9.99 Å². The maximum Gasteiger partial charge on any atom is 0.161 e. The number of benzene rings is 1.